The van der Waals surface area contributed by atoms with Gasteiger partial charge >= 0.3 is 5.97 Å². The van der Waals surface area contributed by atoms with Crippen LogP contribution in [0.2, 0.25) is 0 Å². The second kappa shape index (κ2) is 4.70. The second-order valence-electron chi connectivity index (χ2n) is 3.89. The Morgan fingerprint density at radius 1 is 1.54 bits per heavy atom. The number of allylic oxidation sites excluding steroid dienone is 3. The zero-order valence-corrected chi connectivity index (χ0v) is 8.21. The molecule has 13 heavy (non-hydrogen) atoms. The van der Waals surface area contributed by atoms with Crippen LogP contribution in [-0.4, -0.2) is 11.1 Å². The molecular formula is C10H17NO2. The number of carboxylic acid groups (broad SMARTS) is 1. The molecule has 0 aliphatic rings. The highest BCUT2D eigenvalue weighted by Gasteiger charge is 2.22. The van der Waals surface area contributed by atoms with Crippen LogP contribution in [0.4, 0.5) is 0 Å². The summed E-state index contributed by atoms with van der Waals surface area (Å²) in [6.45, 7) is 7.28. The van der Waals surface area contributed by atoms with E-state index in [0.717, 1.165) is 0 Å². The average Bonchev–Trinajstić information content (AvgIpc) is 1.81. The fourth-order valence-corrected chi connectivity index (χ4v) is 1.23. The van der Waals surface area contributed by atoms with E-state index in [1.54, 1.807) is 12.2 Å². The van der Waals surface area contributed by atoms with Crippen molar-refractivity contribution in [2.24, 2.45) is 11.1 Å². The Labute approximate surface area is 78.9 Å². The summed E-state index contributed by atoms with van der Waals surface area (Å²) in [6.07, 6.45) is 4.00. The van der Waals surface area contributed by atoms with E-state index in [1.807, 2.05) is 13.8 Å². The maximum atomic E-state index is 10.5. The van der Waals surface area contributed by atoms with Gasteiger partial charge < -0.3 is 10.8 Å². The van der Waals surface area contributed by atoms with Crippen molar-refractivity contribution in [1.29, 1.82) is 0 Å². The summed E-state index contributed by atoms with van der Waals surface area (Å²) in [5, 5.41) is 8.61. The van der Waals surface area contributed by atoms with E-state index in [9.17, 15) is 4.79 Å². The Morgan fingerprint density at radius 3 is 2.46 bits per heavy atom. The lowest BCUT2D eigenvalue weighted by molar-refractivity contribution is -0.139. The summed E-state index contributed by atoms with van der Waals surface area (Å²) in [7, 11) is 0. The van der Waals surface area contributed by atoms with Gasteiger partial charge in [-0.05, 0) is 17.9 Å². The van der Waals surface area contributed by atoms with Gasteiger partial charge in [0.1, 0.15) is 0 Å². The first-order valence-corrected chi connectivity index (χ1v) is 4.16. The van der Waals surface area contributed by atoms with Crippen LogP contribution >= 0.6 is 0 Å². The third-order valence-corrected chi connectivity index (χ3v) is 1.64. The molecule has 0 aliphatic carbocycles. The van der Waals surface area contributed by atoms with Gasteiger partial charge in [-0.2, -0.15) is 0 Å². The van der Waals surface area contributed by atoms with Crippen LogP contribution in [0.5, 0.6) is 0 Å². The first-order valence-electron chi connectivity index (χ1n) is 4.16. The zero-order valence-electron chi connectivity index (χ0n) is 8.21. The Morgan fingerprint density at radius 2 is 2.08 bits per heavy atom. The highest BCUT2D eigenvalue weighted by molar-refractivity contribution is 5.67. The van der Waals surface area contributed by atoms with E-state index < -0.39 is 5.97 Å². The van der Waals surface area contributed by atoms with Gasteiger partial charge in [0.25, 0.3) is 0 Å². The van der Waals surface area contributed by atoms with Gasteiger partial charge in [-0.3, -0.25) is 4.79 Å². The van der Waals surface area contributed by atoms with Crippen LogP contribution in [0.1, 0.15) is 26.7 Å². The smallest absolute Gasteiger partial charge is 0.303 e. The highest BCUT2D eigenvalue weighted by Crippen LogP contribution is 2.27. The van der Waals surface area contributed by atoms with E-state index in [1.165, 1.54) is 0 Å². The standard InChI is InChI=1S/C10H17NO2/c1-4-5-8(11)6-10(2,3)7-9(12)13/h4-5H,1,6-7,11H2,2-3H3,(H,12,13)/b8-5-. The number of hydrogen-bond acceptors (Lipinski definition) is 2. The number of carboxylic acids is 1. The van der Waals surface area contributed by atoms with Crippen molar-refractivity contribution in [3.8, 4) is 0 Å². The monoisotopic (exact) mass is 183 g/mol. The van der Waals surface area contributed by atoms with Crippen LogP contribution < -0.4 is 5.73 Å². The van der Waals surface area contributed by atoms with Crippen LogP contribution in [0.25, 0.3) is 0 Å². The summed E-state index contributed by atoms with van der Waals surface area (Å²) in [4.78, 5) is 10.5. The summed E-state index contributed by atoms with van der Waals surface area (Å²) in [5.74, 6) is -0.795. The maximum Gasteiger partial charge on any atom is 0.303 e. The minimum Gasteiger partial charge on any atom is -0.481 e. The van der Waals surface area contributed by atoms with Gasteiger partial charge in [-0.1, -0.05) is 26.5 Å². The zero-order chi connectivity index (χ0) is 10.5. The number of nitrogens with two attached hydrogens (primary N) is 1. The molecule has 3 heteroatoms. The molecule has 0 aromatic heterocycles. The van der Waals surface area contributed by atoms with E-state index in [4.69, 9.17) is 10.8 Å². The molecule has 0 bridgehead atoms. The van der Waals surface area contributed by atoms with Crippen LogP contribution in [0, 0.1) is 5.41 Å². The van der Waals surface area contributed by atoms with E-state index in [-0.39, 0.29) is 11.8 Å². The van der Waals surface area contributed by atoms with Gasteiger partial charge in [0, 0.05) is 5.70 Å². The van der Waals surface area contributed by atoms with Crippen molar-refractivity contribution in [2.75, 3.05) is 0 Å². The molecule has 0 radical (unpaired) electrons. The molecule has 3 nitrogen and oxygen atoms in total. The Balaban J connectivity index is 4.23. The molecule has 0 saturated carbocycles. The minimum atomic E-state index is -0.795. The SMILES string of the molecule is C=C/C=C(\N)CC(C)(C)CC(=O)O. The average molecular weight is 183 g/mol. The Kier molecular flexibility index (Phi) is 4.25. The molecule has 0 aliphatic heterocycles. The minimum absolute atomic E-state index is 0.124. The van der Waals surface area contributed by atoms with Crippen molar-refractivity contribution < 1.29 is 9.90 Å². The largest absolute Gasteiger partial charge is 0.481 e. The summed E-state index contributed by atoms with van der Waals surface area (Å²) >= 11 is 0. The van der Waals surface area contributed by atoms with E-state index in [0.29, 0.717) is 12.1 Å². The molecule has 0 aromatic rings. The normalized spacial score (nSPS) is 12.6. The second-order valence-corrected chi connectivity index (χ2v) is 3.89. The quantitative estimate of drug-likeness (QED) is 0.640. The molecule has 0 rings (SSSR count). The molecule has 0 atom stereocenters. The molecule has 0 aromatic carbocycles. The van der Waals surface area contributed by atoms with E-state index >= 15 is 0 Å². The molecule has 0 saturated heterocycles. The van der Waals surface area contributed by atoms with Crippen LogP contribution in [0.15, 0.2) is 24.4 Å². The third kappa shape index (κ3) is 5.96. The third-order valence-electron chi connectivity index (χ3n) is 1.64. The van der Waals surface area contributed by atoms with Crippen molar-refractivity contribution in [2.45, 2.75) is 26.7 Å². The predicted octanol–water partition coefficient (Wildman–Crippen LogP) is 1.91. The Bertz CT molecular complexity index is 229. The first-order chi connectivity index (χ1) is 5.87. The summed E-state index contributed by atoms with van der Waals surface area (Å²) in [6, 6.07) is 0. The van der Waals surface area contributed by atoms with Gasteiger partial charge in [0.15, 0.2) is 0 Å². The molecule has 0 fully saturated rings. The van der Waals surface area contributed by atoms with E-state index in [2.05, 4.69) is 6.58 Å². The maximum absolute atomic E-state index is 10.5. The first kappa shape index (κ1) is 11.8. The summed E-state index contributed by atoms with van der Waals surface area (Å²) < 4.78 is 0. The predicted molar refractivity (Wildman–Crippen MR) is 53.1 cm³/mol. The number of carbonyl (C=O) groups is 1. The van der Waals surface area contributed by atoms with Gasteiger partial charge in [-0.15, -0.1) is 0 Å². The van der Waals surface area contributed by atoms with Crippen molar-refractivity contribution in [3.63, 3.8) is 0 Å². The van der Waals surface area contributed by atoms with Crippen LogP contribution in [-0.2, 0) is 4.79 Å². The number of hydrogen-bond donors (Lipinski definition) is 2. The molecule has 0 spiro atoms. The van der Waals surface area contributed by atoms with Gasteiger partial charge in [0.2, 0.25) is 0 Å². The number of aliphatic carboxylic acids is 1. The lowest BCUT2D eigenvalue weighted by Gasteiger charge is -2.22. The molecular weight excluding hydrogens is 166 g/mol. The fraction of sp³-hybridized carbons (Fsp3) is 0.500. The van der Waals surface area contributed by atoms with Crippen molar-refractivity contribution >= 4 is 5.97 Å². The lowest BCUT2D eigenvalue weighted by Crippen LogP contribution is -2.19. The molecule has 74 valence electrons. The van der Waals surface area contributed by atoms with Crippen molar-refractivity contribution in [3.05, 3.63) is 24.4 Å². The fourth-order valence-electron chi connectivity index (χ4n) is 1.23. The highest BCUT2D eigenvalue weighted by atomic mass is 16.4. The lowest BCUT2D eigenvalue weighted by atomic mass is 9.84. The van der Waals surface area contributed by atoms with Crippen LogP contribution in [0.3, 0.4) is 0 Å². The van der Waals surface area contributed by atoms with Crippen molar-refractivity contribution in [1.82, 2.24) is 0 Å². The topological polar surface area (TPSA) is 63.3 Å². The van der Waals surface area contributed by atoms with Gasteiger partial charge in [-0.25, -0.2) is 0 Å². The Hall–Kier alpha value is -1.25. The summed E-state index contributed by atoms with van der Waals surface area (Å²) in [5.41, 5.74) is 6.01. The molecule has 0 heterocycles. The molecule has 3 N–H and O–H groups in total. The number of rotatable bonds is 5. The molecule has 0 amide bonds. The van der Waals surface area contributed by atoms with Gasteiger partial charge in [0.05, 0.1) is 6.42 Å². The molecule has 0 unspecified atom stereocenters.